The molecule has 1 unspecified atom stereocenters. The smallest absolute Gasteiger partial charge is 0.497 e. The van der Waals surface area contributed by atoms with E-state index in [9.17, 15) is 4.79 Å². The third kappa shape index (κ3) is 4.09. The van der Waals surface area contributed by atoms with E-state index in [-0.39, 0.29) is 0 Å². The van der Waals surface area contributed by atoms with Crippen LogP contribution in [0.3, 0.4) is 0 Å². The lowest BCUT2D eigenvalue weighted by molar-refractivity contribution is 0.0854. The molecule has 0 fully saturated rings. The fourth-order valence-corrected chi connectivity index (χ4v) is 3.61. The number of hydrogen-bond donors (Lipinski definition) is 0. The summed E-state index contributed by atoms with van der Waals surface area (Å²) in [6, 6.07) is 6.41. The van der Waals surface area contributed by atoms with E-state index in [1.165, 1.54) is 24.7 Å². The van der Waals surface area contributed by atoms with Crippen LogP contribution in [0, 0.1) is 5.92 Å². The van der Waals surface area contributed by atoms with Crippen LogP contribution < -0.4 is 4.74 Å². The molecule has 0 saturated heterocycles. The van der Waals surface area contributed by atoms with Gasteiger partial charge < -0.3 is 14.2 Å². The van der Waals surface area contributed by atoms with Crippen LogP contribution in [0.2, 0.25) is 0 Å². The number of carbonyl (C=O) groups excluding carboxylic acids is 1. The highest BCUT2D eigenvalue weighted by Crippen LogP contribution is 2.29. The van der Waals surface area contributed by atoms with Crippen LogP contribution in [0.15, 0.2) is 30.0 Å². The second kappa shape index (κ2) is 7.71. The van der Waals surface area contributed by atoms with Gasteiger partial charge in [0, 0.05) is 13.1 Å². The summed E-state index contributed by atoms with van der Waals surface area (Å²) in [6.07, 6.45) is 5.66. The van der Waals surface area contributed by atoms with Gasteiger partial charge in [0.2, 0.25) is 0 Å². The third-order valence-electron chi connectivity index (χ3n) is 4.84. The van der Waals surface area contributed by atoms with E-state index in [1.807, 2.05) is 12.1 Å². The monoisotopic (exact) mass is 331 g/mol. The molecule has 1 aromatic carbocycles. The lowest BCUT2D eigenvalue weighted by Crippen LogP contribution is -2.37. The van der Waals surface area contributed by atoms with Gasteiger partial charge in [-0.3, -0.25) is 4.90 Å². The molecule has 24 heavy (non-hydrogen) atoms. The second-order valence-electron chi connectivity index (χ2n) is 6.49. The first-order chi connectivity index (χ1) is 11.7. The molecular weight excluding hydrogens is 306 g/mol. The number of fused-ring (bicyclic) bond motifs is 1. The summed E-state index contributed by atoms with van der Waals surface area (Å²) in [5.41, 5.74) is 2.85. The summed E-state index contributed by atoms with van der Waals surface area (Å²) in [7, 11) is 3.04. The molecule has 3 rings (SSSR count). The molecule has 1 heterocycles. The summed E-state index contributed by atoms with van der Waals surface area (Å²) in [5.74, 6) is 2.26. The summed E-state index contributed by atoms with van der Waals surface area (Å²) in [4.78, 5) is 13.6. The molecule has 1 aromatic rings. The van der Waals surface area contributed by atoms with Gasteiger partial charge in [0.15, 0.2) is 0 Å². The first-order valence-electron chi connectivity index (χ1n) is 8.51. The Balaban J connectivity index is 1.57. The van der Waals surface area contributed by atoms with Crippen molar-refractivity contribution in [3.05, 3.63) is 41.2 Å². The largest absolute Gasteiger partial charge is 0.513 e. The normalized spacial score (nSPS) is 20.8. The quantitative estimate of drug-likeness (QED) is 0.793. The Morgan fingerprint density at radius 2 is 2.17 bits per heavy atom. The van der Waals surface area contributed by atoms with Crippen molar-refractivity contribution in [2.75, 3.05) is 33.9 Å². The van der Waals surface area contributed by atoms with Crippen molar-refractivity contribution in [3.63, 3.8) is 0 Å². The van der Waals surface area contributed by atoms with Crippen LogP contribution in [0.25, 0.3) is 0 Å². The Labute approximate surface area is 143 Å². The Bertz CT molecular complexity index is 626. The fourth-order valence-electron chi connectivity index (χ4n) is 3.61. The molecule has 0 amide bonds. The fraction of sp³-hybridized carbons (Fsp3) is 0.526. The number of benzene rings is 1. The highest BCUT2D eigenvalue weighted by molar-refractivity contribution is 5.61. The summed E-state index contributed by atoms with van der Waals surface area (Å²) in [5, 5.41) is 0. The van der Waals surface area contributed by atoms with Crippen molar-refractivity contribution in [2.24, 2.45) is 5.92 Å². The maximum atomic E-state index is 11.3. The minimum atomic E-state index is -0.637. The topological polar surface area (TPSA) is 48.0 Å². The molecule has 2 aliphatic rings. The molecule has 0 aromatic heterocycles. The van der Waals surface area contributed by atoms with E-state index >= 15 is 0 Å². The highest BCUT2D eigenvalue weighted by atomic mass is 16.7. The lowest BCUT2D eigenvalue weighted by Gasteiger charge is -2.32. The van der Waals surface area contributed by atoms with Crippen molar-refractivity contribution < 1.29 is 19.0 Å². The number of nitrogens with zero attached hydrogens (tertiary/aromatic N) is 1. The van der Waals surface area contributed by atoms with Crippen LogP contribution in [-0.2, 0) is 22.3 Å². The summed E-state index contributed by atoms with van der Waals surface area (Å²) in [6.45, 7) is 2.71. The van der Waals surface area contributed by atoms with Gasteiger partial charge in [-0.1, -0.05) is 6.07 Å². The predicted molar refractivity (Wildman–Crippen MR) is 91.1 cm³/mol. The molecule has 0 bridgehead atoms. The van der Waals surface area contributed by atoms with Crippen molar-refractivity contribution >= 4 is 6.16 Å². The Morgan fingerprint density at radius 1 is 1.29 bits per heavy atom. The minimum Gasteiger partial charge on any atom is -0.497 e. The second-order valence-corrected chi connectivity index (χ2v) is 6.49. The third-order valence-corrected chi connectivity index (χ3v) is 4.84. The number of ether oxygens (including phenoxy) is 3. The van der Waals surface area contributed by atoms with Crippen molar-refractivity contribution in [1.82, 2.24) is 4.90 Å². The molecule has 0 saturated carbocycles. The minimum absolute atomic E-state index is 0.627. The number of rotatable bonds is 4. The molecule has 0 radical (unpaired) electrons. The Kier molecular flexibility index (Phi) is 5.41. The van der Waals surface area contributed by atoms with E-state index in [4.69, 9.17) is 9.47 Å². The van der Waals surface area contributed by atoms with Crippen molar-refractivity contribution in [3.8, 4) is 5.75 Å². The van der Waals surface area contributed by atoms with Gasteiger partial charge in [0.1, 0.15) is 11.5 Å². The molecular formula is C19H25NO4. The average Bonchev–Trinajstić information content (AvgIpc) is 2.61. The number of carbonyl (C=O) groups is 1. The molecule has 130 valence electrons. The Hall–Kier alpha value is -2.01. The highest BCUT2D eigenvalue weighted by Gasteiger charge is 2.24. The maximum absolute atomic E-state index is 11.3. The maximum Gasteiger partial charge on any atom is 0.513 e. The first-order valence-corrected chi connectivity index (χ1v) is 8.51. The molecule has 5 heteroatoms. The van der Waals surface area contributed by atoms with Gasteiger partial charge in [0.05, 0.1) is 20.8 Å². The van der Waals surface area contributed by atoms with Gasteiger partial charge in [-0.05, 0) is 60.9 Å². The van der Waals surface area contributed by atoms with Crippen LogP contribution >= 0.6 is 0 Å². The van der Waals surface area contributed by atoms with E-state index in [0.29, 0.717) is 18.2 Å². The molecule has 1 atom stereocenters. The first kappa shape index (κ1) is 16.8. The number of aryl methyl sites for hydroxylation is 1. The van der Waals surface area contributed by atoms with Crippen LogP contribution in [-0.4, -0.2) is 44.9 Å². The summed E-state index contributed by atoms with van der Waals surface area (Å²) < 4.78 is 15.1. The zero-order valence-corrected chi connectivity index (χ0v) is 14.4. The van der Waals surface area contributed by atoms with E-state index in [1.54, 1.807) is 7.11 Å². The van der Waals surface area contributed by atoms with Gasteiger partial charge >= 0.3 is 6.16 Å². The predicted octanol–water partition coefficient (Wildman–Crippen LogP) is 3.17. The SMILES string of the molecule is COC(=O)OC1=CCCN(CC2CCc3ccc(OC)cc3C2)C1. The van der Waals surface area contributed by atoms with Crippen molar-refractivity contribution in [1.29, 1.82) is 0 Å². The zero-order valence-electron chi connectivity index (χ0n) is 14.4. The molecule has 0 spiro atoms. The van der Waals surface area contributed by atoms with Gasteiger partial charge in [-0.2, -0.15) is 0 Å². The van der Waals surface area contributed by atoms with Crippen LogP contribution in [0.4, 0.5) is 4.79 Å². The number of methoxy groups -OCH3 is 2. The standard InChI is InChI=1S/C19H25NO4/c1-22-17-8-7-15-6-5-14(10-16(15)11-17)12-20-9-3-4-18(13-20)24-19(21)23-2/h4,7-8,11,14H,3,5-6,9-10,12-13H2,1-2H3. The van der Waals surface area contributed by atoms with E-state index in [0.717, 1.165) is 38.1 Å². The Morgan fingerprint density at radius 3 is 2.96 bits per heavy atom. The molecule has 0 N–H and O–H groups in total. The van der Waals surface area contributed by atoms with Gasteiger partial charge in [0.25, 0.3) is 0 Å². The molecule has 1 aliphatic carbocycles. The van der Waals surface area contributed by atoms with Crippen LogP contribution in [0.5, 0.6) is 5.75 Å². The van der Waals surface area contributed by atoms with Gasteiger partial charge in [-0.15, -0.1) is 0 Å². The number of hydrogen-bond acceptors (Lipinski definition) is 5. The lowest BCUT2D eigenvalue weighted by atomic mass is 9.83. The van der Waals surface area contributed by atoms with Crippen molar-refractivity contribution in [2.45, 2.75) is 25.7 Å². The zero-order chi connectivity index (χ0) is 16.9. The van der Waals surface area contributed by atoms with E-state index < -0.39 is 6.16 Å². The van der Waals surface area contributed by atoms with Crippen LogP contribution in [0.1, 0.15) is 24.0 Å². The average molecular weight is 331 g/mol. The van der Waals surface area contributed by atoms with Gasteiger partial charge in [-0.25, -0.2) is 4.79 Å². The van der Waals surface area contributed by atoms with E-state index in [2.05, 4.69) is 21.8 Å². The molecule has 5 nitrogen and oxygen atoms in total. The molecule has 1 aliphatic heterocycles. The summed E-state index contributed by atoms with van der Waals surface area (Å²) >= 11 is 0.